The second-order valence-corrected chi connectivity index (χ2v) is 3.46. The number of nitrogens with zero attached hydrogens (tertiary/aromatic N) is 2. The fraction of sp³-hybridized carbons (Fsp3) is 0.636. The van der Waals surface area contributed by atoms with Crippen LogP contribution in [0.1, 0.15) is 6.92 Å². The Morgan fingerprint density at radius 1 is 1.23 bits per heavy atom. The van der Waals surface area contributed by atoms with Gasteiger partial charge in [-0.15, -0.1) is 12.8 Å². The van der Waals surface area contributed by atoms with E-state index in [-0.39, 0.29) is 0 Å². The van der Waals surface area contributed by atoms with Gasteiger partial charge in [-0.25, -0.2) is 0 Å². The molecular weight excluding hydrogens is 160 g/mol. The molecule has 70 valence electrons. The van der Waals surface area contributed by atoms with Crippen molar-refractivity contribution in [2.45, 2.75) is 13.0 Å². The molecule has 1 heterocycles. The first-order chi connectivity index (χ1) is 6.27. The van der Waals surface area contributed by atoms with Gasteiger partial charge in [0.2, 0.25) is 0 Å². The summed E-state index contributed by atoms with van der Waals surface area (Å²) in [5, 5.41) is 0. The zero-order valence-corrected chi connectivity index (χ0v) is 8.16. The van der Waals surface area contributed by atoms with E-state index in [9.17, 15) is 0 Å². The molecule has 0 radical (unpaired) electrons. The van der Waals surface area contributed by atoms with Crippen molar-refractivity contribution in [1.82, 2.24) is 9.80 Å². The highest BCUT2D eigenvalue weighted by atomic mass is 15.3. The molecule has 1 aliphatic rings. The summed E-state index contributed by atoms with van der Waals surface area (Å²) < 4.78 is 0. The van der Waals surface area contributed by atoms with Gasteiger partial charge in [0.15, 0.2) is 0 Å². The third-order valence-corrected chi connectivity index (χ3v) is 2.46. The van der Waals surface area contributed by atoms with Crippen molar-refractivity contribution in [3.8, 4) is 24.7 Å². The summed E-state index contributed by atoms with van der Waals surface area (Å²) in [6.45, 7) is 6.81. The predicted molar refractivity (Wildman–Crippen MR) is 55.1 cm³/mol. The summed E-state index contributed by atoms with van der Waals surface area (Å²) in [6, 6.07) is 0.526. The Balaban J connectivity index is 2.39. The molecule has 0 aromatic heterocycles. The van der Waals surface area contributed by atoms with Crippen LogP contribution in [0.5, 0.6) is 0 Å². The number of terminal acetylenes is 2. The van der Waals surface area contributed by atoms with Crippen molar-refractivity contribution in [2.24, 2.45) is 0 Å². The molecule has 0 spiro atoms. The second kappa shape index (κ2) is 4.92. The Hall–Kier alpha value is -0.960. The van der Waals surface area contributed by atoms with Crippen molar-refractivity contribution in [2.75, 3.05) is 32.7 Å². The molecule has 0 saturated carbocycles. The van der Waals surface area contributed by atoms with Gasteiger partial charge in [-0.1, -0.05) is 11.8 Å². The number of piperazine rings is 1. The highest BCUT2D eigenvalue weighted by Crippen LogP contribution is 2.07. The smallest absolute Gasteiger partial charge is 0.0602 e. The number of rotatable bonds is 2. The molecule has 2 heteroatoms. The summed E-state index contributed by atoms with van der Waals surface area (Å²) in [7, 11) is 0. The third-order valence-electron chi connectivity index (χ3n) is 2.46. The molecule has 13 heavy (non-hydrogen) atoms. The number of hydrogen-bond acceptors (Lipinski definition) is 2. The molecular formula is C11H16N2. The SMILES string of the molecule is C#CCN1CCN(CC#C)[C@H](C)C1. The van der Waals surface area contributed by atoms with E-state index in [1.807, 2.05) is 0 Å². The van der Waals surface area contributed by atoms with Gasteiger partial charge in [0.05, 0.1) is 13.1 Å². The monoisotopic (exact) mass is 176 g/mol. The lowest BCUT2D eigenvalue weighted by atomic mass is 10.2. The van der Waals surface area contributed by atoms with Gasteiger partial charge in [-0.3, -0.25) is 9.80 Å². The Kier molecular flexibility index (Phi) is 3.83. The van der Waals surface area contributed by atoms with E-state index >= 15 is 0 Å². The van der Waals surface area contributed by atoms with E-state index in [0.29, 0.717) is 6.04 Å². The van der Waals surface area contributed by atoms with Crippen LogP contribution in [-0.2, 0) is 0 Å². The third kappa shape index (κ3) is 2.77. The fourth-order valence-corrected chi connectivity index (χ4v) is 1.70. The first-order valence-corrected chi connectivity index (χ1v) is 4.61. The number of hydrogen-bond donors (Lipinski definition) is 0. The average Bonchev–Trinajstić information content (AvgIpc) is 2.10. The molecule has 1 aliphatic heterocycles. The molecule has 0 N–H and O–H groups in total. The summed E-state index contributed by atoms with van der Waals surface area (Å²) in [5.41, 5.74) is 0. The summed E-state index contributed by atoms with van der Waals surface area (Å²) in [4.78, 5) is 4.60. The maximum absolute atomic E-state index is 5.28. The van der Waals surface area contributed by atoms with Crippen molar-refractivity contribution >= 4 is 0 Å². The molecule has 2 nitrogen and oxygen atoms in total. The van der Waals surface area contributed by atoms with Crippen molar-refractivity contribution in [3.63, 3.8) is 0 Å². The van der Waals surface area contributed by atoms with Crippen LogP contribution < -0.4 is 0 Å². The Morgan fingerprint density at radius 2 is 1.92 bits per heavy atom. The molecule has 1 rings (SSSR count). The van der Waals surface area contributed by atoms with E-state index in [0.717, 1.165) is 32.7 Å². The summed E-state index contributed by atoms with van der Waals surface area (Å²) >= 11 is 0. The van der Waals surface area contributed by atoms with E-state index in [1.165, 1.54) is 0 Å². The van der Waals surface area contributed by atoms with Crippen LogP contribution in [0, 0.1) is 24.7 Å². The van der Waals surface area contributed by atoms with E-state index in [4.69, 9.17) is 12.8 Å². The van der Waals surface area contributed by atoms with Crippen molar-refractivity contribution in [1.29, 1.82) is 0 Å². The molecule has 0 aliphatic carbocycles. The van der Waals surface area contributed by atoms with Gasteiger partial charge in [0.25, 0.3) is 0 Å². The van der Waals surface area contributed by atoms with Gasteiger partial charge in [-0.05, 0) is 6.92 Å². The van der Waals surface area contributed by atoms with Crippen LogP contribution in [0.25, 0.3) is 0 Å². The van der Waals surface area contributed by atoms with Crippen LogP contribution >= 0.6 is 0 Å². The van der Waals surface area contributed by atoms with Crippen LogP contribution in [0.3, 0.4) is 0 Å². The van der Waals surface area contributed by atoms with Crippen LogP contribution in [-0.4, -0.2) is 48.6 Å². The van der Waals surface area contributed by atoms with E-state index in [2.05, 4.69) is 28.6 Å². The first kappa shape index (κ1) is 10.1. The lowest BCUT2D eigenvalue weighted by Gasteiger charge is -2.38. The van der Waals surface area contributed by atoms with Crippen LogP contribution in [0.4, 0.5) is 0 Å². The maximum atomic E-state index is 5.28. The van der Waals surface area contributed by atoms with Gasteiger partial charge in [-0.2, -0.15) is 0 Å². The van der Waals surface area contributed by atoms with Gasteiger partial charge >= 0.3 is 0 Å². The topological polar surface area (TPSA) is 6.48 Å². The Bertz CT molecular complexity index is 233. The molecule has 0 aromatic carbocycles. The molecule has 0 aromatic rings. The standard InChI is InChI=1S/C11H16N2/c1-4-6-12-8-9-13(7-5-2)11(3)10-12/h1-2,11H,6-10H2,3H3/t11-/m1/s1. The quantitative estimate of drug-likeness (QED) is 0.557. The molecule has 1 fully saturated rings. The normalized spacial score (nSPS) is 25.0. The lowest BCUT2D eigenvalue weighted by Crippen LogP contribution is -2.51. The minimum Gasteiger partial charge on any atom is -0.290 e. The molecule has 0 unspecified atom stereocenters. The van der Waals surface area contributed by atoms with Crippen LogP contribution in [0.2, 0.25) is 0 Å². The van der Waals surface area contributed by atoms with Gasteiger partial charge in [0.1, 0.15) is 0 Å². The first-order valence-electron chi connectivity index (χ1n) is 4.61. The van der Waals surface area contributed by atoms with Gasteiger partial charge < -0.3 is 0 Å². The van der Waals surface area contributed by atoms with E-state index in [1.54, 1.807) is 0 Å². The van der Waals surface area contributed by atoms with Gasteiger partial charge in [0, 0.05) is 25.7 Å². The lowest BCUT2D eigenvalue weighted by molar-refractivity contribution is 0.105. The molecule has 0 bridgehead atoms. The van der Waals surface area contributed by atoms with Crippen molar-refractivity contribution in [3.05, 3.63) is 0 Å². The average molecular weight is 176 g/mol. The Labute approximate surface area is 80.9 Å². The summed E-state index contributed by atoms with van der Waals surface area (Å²) in [6.07, 6.45) is 10.5. The summed E-state index contributed by atoms with van der Waals surface area (Å²) in [5.74, 6) is 5.35. The fourth-order valence-electron chi connectivity index (χ4n) is 1.70. The highest BCUT2D eigenvalue weighted by molar-refractivity contribution is 4.95. The Morgan fingerprint density at radius 3 is 2.46 bits per heavy atom. The molecule has 0 amide bonds. The predicted octanol–water partition coefficient (Wildman–Crippen LogP) is 0.259. The van der Waals surface area contributed by atoms with Crippen molar-refractivity contribution < 1.29 is 0 Å². The maximum Gasteiger partial charge on any atom is 0.0602 e. The highest BCUT2D eigenvalue weighted by Gasteiger charge is 2.21. The minimum absolute atomic E-state index is 0.526. The van der Waals surface area contributed by atoms with E-state index < -0.39 is 0 Å². The zero-order chi connectivity index (χ0) is 9.68. The van der Waals surface area contributed by atoms with Crippen LogP contribution in [0.15, 0.2) is 0 Å². The molecule has 1 saturated heterocycles. The minimum atomic E-state index is 0.526. The molecule has 1 atom stereocenters. The largest absolute Gasteiger partial charge is 0.290 e. The second-order valence-electron chi connectivity index (χ2n) is 3.46. The zero-order valence-electron chi connectivity index (χ0n) is 8.16.